The fourth-order valence-electron chi connectivity index (χ4n) is 1.99. The molecule has 2 aromatic rings. The van der Waals surface area contributed by atoms with Gasteiger partial charge in [-0.25, -0.2) is 4.39 Å². The summed E-state index contributed by atoms with van der Waals surface area (Å²) in [5.74, 6) is -0.769. The van der Waals surface area contributed by atoms with Crippen molar-refractivity contribution in [1.29, 1.82) is 0 Å². The lowest BCUT2D eigenvalue weighted by atomic mass is 10.0. The molecule has 0 spiro atoms. The summed E-state index contributed by atoms with van der Waals surface area (Å²) in [6.07, 6.45) is -3.06. The first kappa shape index (κ1) is 14.5. The van der Waals surface area contributed by atoms with Gasteiger partial charge in [-0.2, -0.15) is 18.3 Å². The van der Waals surface area contributed by atoms with Crippen molar-refractivity contribution in [2.75, 3.05) is 0 Å². The Labute approximate surface area is 113 Å². The zero-order valence-electron chi connectivity index (χ0n) is 10.7. The summed E-state index contributed by atoms with van der Waals surface area (Å²) in [5.41, 5.74) is 5.22. The van der Waals surface area contributed by atoms with Crippen LogP contribution in [-0.2, 0) is 12.7 Å². The van der Waals surface area contributed by atoms with Crippen LogP contribution in [0.3, 0.4) is 0 Å². The van der Waals surface area contributed by atoms with E-state index in [1.807, 2.05) is 6.92 Å². The van der Waals surface area contributed by atoms with Crippen molar-refractivity contribution in [3.63, 3.8) is 0 Å². The fraction of sp³-hybridized carbons (Fsp3) is 0.308. The van der Waals surface area contributed by atoms with E-state index in [-0.39, 0.29) is 5.56 Å². The molecule has 1 atom stereocenters. The quantitative estimate of drug-likeness (QED) is 0.881. The molecule has 1 aromatic heterocycles. The number of hydrogen-bond acceptors (Lipinski definition) is 2. The molecule has 0 bridgehead atoms. The molecular formula is C13H13F4N3. The summed E-state index contributed by atoms with van der Waals surface area (Å²) < 4.78 is 53.3. The van der Waals surface area contributed by atoms with Crippen molar-refractivity contribution < 1.29 is 17.6 Å². The first-order valence-corrected chi connectivity index (χ1v) is 5.98. The Bertz CT molecular complexity index is 604. The van der Waals surface area contributed by atoms with Crippen LogP contribution in [0.5, 0.6) is 0 Å². The third kappa shape index (κ3) is 2.67. The SMILES string of the molecule is CCn1nccc1C(N)c1cc(C(F)(F)F)ccc1F. The Balaban J connectivity index is 2.46. The van der Waals surface area contributed by atoms with Gasteiger partial charge in [-0.1, -0.05) is 0 Å². The van der Waals surface area contributed by atoms with Gasteiger partial charge in [0.1, 0.15) is 5.82 Å². The fourth-order valence-corrected chi connectivity index (χ4v) is 1.99. The summed E-state index contributed by atoms with van der Waals surface area (Å²) in [5, 5.41) is 3.97. The number of benzene rings is 1. The van der Waals surface area contributed by atoms with E-state index >= 15 is 0 Å². The zero-order valence-corrected chi connectivity index (χ0v) is 10.7. The molecule has 1 unspecified atom stereocenters. The van der Waals surface area contributed by atoms with Crippen LogP contribution in [0.4, 0.5) is 17.6 Å². The molecule has 0 fully saturated rings. The maximum Gasteiger partial charge on any atom is 0.416 e. The van der Waals surface area contributed by atoms with E-state index < -0.39 is 23.6 Å². The molecule has 0 radical (unpaired) electrons. The Morgan fingerprint density at radius 3 is 2.60 bits per heavy atom. The van der Waals surface area contributed by atoms with Crippen LogP contribution < -0.4 is 5.73 Å². The van der Waals surface area contributed by atoms with Gasteiger partial charge < -0.3 is 5.73 Å². The predicted molar refractivity (Wildman–Crippen MR) is 65.3 cm³/mol. The number of nitrogens with zero attached hydrogens (tertiary/aromatic N) is 2. The maximum atomic E-state index is 13.8. The molecule has 0 saturated carbocycles. The summed E-state index contributed by atoms with van der Waals surface area (Å²) in [6, 6.07) is 2.79. The number of rotatable bonds is 3. The molecule has 20 heavy (non-hydrogen) atoms. The first-order chi connectivity index (χ1) is 9.34. The Kier molecular flexibility index (Phi) is 3.80. The van der Waals surface area contributed by atoms with Crippen LogP contribution >= 0.6 is 0 Å². The Hall–Kier alpha value is -1.89. The normalized spacial score (nSPS) is 13.5. The lowest BCUT2D eigenvalue weighted by Gasteiger charge is -2.16. The lowest BCUT2D eigenvalue weighted by Crippen LogP contribution is -2.19. The monoisotopic (exact) mass is 287 g/mol. The summed E-state index contributed by atoms with van der Waals surface area (Å²) in [4.78, 5) is 0. The molecule has 0 aliphatic rings. The highest BCUT2D eigenvalue weighted by Crippen LogP contribution is 2.32. The average Bonchev–Trinajstić information content (AvgIpc) is 2.85. The van der Waals surface area contributed by atoms with E-state index in [2.05, 4.69) is 5.10 Å². The van der Waals surface area contributed by atoms with Crippen molar-refractivity contribution in [2.24, 2.45) is 5.73 Å². The van der Waals surface area contributed by atoms with Crippen molar-refractivity contribution in [1.82, 2.24) is 9.78 Å². The van der Waals surface area contributed by atoms with E-state index in [1.54, 1.807) is 6.07 Å². The molecule has 7 heteroatoms. The van der Waals surface area contributed by atoms with Gasteiger partial charge in [0.05, 0.1) is 17.3 Å². The summed E-state index contributed by atoms with van der Waals surface area (Å²) >= 11 is 0. The zero-order chi connectivity index (χ0) is 14.9. The molecule has 0 amide bonds. The van der Waals surface area contributed by atoms with Gasteiger partial charge in [0.15, 0.2) is 0 Å². The van der Waals surface area contributed by atoms with Crippen LogP contribution in [0.25, 0.3) is 0 Å². The van der Waals surface area contributed by atoms with Crippen LogP contribution in [0.1, 0.15) is 29.8 Å². The molecular weight excluding hydrogens is 274 g/mol. The topological polar surface area (TPSA) is 43.8 Å². The molecule has 108 valence electrons. The third-order valence-corrected chi connectivity index (χ3v) is 3.03. The first-order valence-electron chi connectivity index (χ1n) is 5.98. The number of nitrogens with two attached hydrogens (primary N) is 1. The van der Waals surface area contributed by atoms with Crippen molar-refractivity contribution in [2.45, 2.75) is 25.7 Å². The van der Waals surface area contributed by atoms with Gasteiger partial charge >= 0.3 is 6.18 Å². The minimum absolute atomic E-state index is 0.199. The van der Waals surface area contributed by atoms with Crippen LogP contribution in [0, 0.1) is 5.82 Å². The highest BCUT2D eigenvalue weighted by atomic mass is 19.4. The summed E-state index contributed by atoms with van der Waals surface area (Å²) in [7, 11) is 0. The second kappa shape index (κ2) is 5.24. The molecule has 3 nitrogen and oxygen atoms in total. The van der Waals surface area contributed by atoms with E-state index in [0.29, 0.717) is 18.3 Å². The number of aryl methyl sites for hydroxylation is 1. The number of alkyl halides is 3. The maximum absolute atomic E-state index is 13.8. The van der Waals surface area contributed by atoms with E-state index in [4.69, 9.17) is 5.73 Å². The summed E-state index contributed by atoms with van der Waals surface area (Å²) in [6.45, 7) is 2.31. The van der Waals surface area contributed by atoms with Gasteiger partial charge in [-0.15, -0.1) is 0 Å². The molecule has 0 aliphatic heterocycles. The smallest absolute Gasteiger partial charge is 0.319 e. The van der Waals surface area contributed by atoms with Gasteiger partial charge in [0.2, 0.25) is 0 Å². The highest BCUT2D eigenvalue weighted by molar-refractivity contribution is 5.33. The van der Waals surface area contributed by atoms with Gasteiger partial charge in [0.25, 0.3) is 0 Å². The minimum Gasteiger partial charge on any atom is -0.319 e. The van der Waals surface area contributed by atoms with E-state index in [1.165, 1.54) is 10.9 Å². The lowest BCUT2D eigenvalue weighted by molar-refractivity contribution is -0.137. The van der Waals surface area contributed by atoms with Crippen LogP contribution in [0.15, 0.2) is 30.5 Å². The second-order valence-corrected chi connectivity index (χ2v) is 4.28. The number of hydrogen-bond donors (Lipinski definition) is 1. The number of halogens is 4. The average molecular weight is 287 g/mol. The second-order valence-electron chi connectivity index (χ2n) is 4.28. The molecule has 1 heterocycles. The standard InChI is InChI=1S/C13H13F4N3/c1-2-20-11(5-6-19-20)12(18)9-7-8(13(15,16)17)3-4-10(9)14/h3-7,12H,2,18H2,1H3. The number of aromatic nitrogens is 2. The third-order valence-electron chi connectivity index (χ3n) is 3.03. The molecule has 0 saturated heterocycles. The van der Waals surface area contributed by atoms with Crippen molar-refractivity contribution in [3.8, 4) is 0 Å². The minimum atomic E-state index is -4.53. The van der Waals surface area contributed by atoms with E-state index in [0.717, 1.165) is 12.1 Å². The molecule has 2 N–H and O–H groups in total. The van der Waals surface area contributed by atoms with Crippen molar-refractivity contribution in [3.05, 3.63) is 53.1 Å². The molecule has 2 rings (SSSR count). The Morgan fingerprint density at radius 2 is 2.00 bits per heavy atom. The van der Waals surface area contributed by atoms with Crippen molar-refractivity contribution >= 4 is 0 Å². The molecule has 1 aromatic carbocycles. The van der Waals surface area contributed by atoms with Crippen LogP contribution in [0.2, 0.25) is 0 Å². The molecule has 0 aliphatic carbocycles. The largest absolute Gasteiger partial charge is 0.416 e. The van der Waals surface area contributed by atoms with Gasteiger partial charge in [-0.05, 0) is 31.2 Å². The van der Waals surface area contributed by atoms with Gasteiger partial charge in [0, 0.05) is 18.3 Å². The predicted octanol–water partition coefficient (Wildman–Crippen LogP) is 3.11. The van der Waals surface area contributed by atoms with Crippen LogP contribution in [-0.4, -0.2) is 9.78 Å². The van der Waals surface area contributed by atoms with Gasteiger partial charge in [-0.3, -0.25) is 4.68 Å². The Morgan fingerprint density at radius 1 is 1.30 bits per heavy atom. The van der Waals surface area contributed by atoms with E-state index in [9.17, 15) is 17.6 Å². The highest BCUT2D eigenvalue weighted by Gasteiger charge is 2.32.